The van der Waals surface area contributed by atoms with Gasteiger partial charge >= 0.3 is 7.48 Å². The van der Waals surface area contributed by atoms with Crippen molar-refractivity contribution in [3.05, 3.63) is 47.9 Å². The lowest BCUT2D eigenvalue weighted by atomic mass is 9.86. The van der Waals surface area contributed by atoms with Gasteiger partial charge in [-0.05, 0) is 33.3 Å². The molecule has 0 fully saturated rings. The predicted octanol–water partition coefficient (Wildman–Crippen LogP) is 2.90. The fourth-order valence-corrected chi connectivity index (χ4v) is 1.28. The van der Waals surface area contributed by atoms with Gasteiger partial charge in [-0.2, -0.15) is 0 Å². The van der Waals surface area contributed by atoms with E-state index in [9.17, 15) is 5.11 Å². The number of hydrogen-bond acceptors (Lipinski definition) is 3. The summed E-state index contributed by atoms with van der Waals surface area (Å²) in [6, 6.07) is 10.0. The predicted molar refractivity (Wildman–Crippen MR) is 82.5 cm³/mol. The first-order valence-electron chi connectivity index (χ1n) is 6.83. The summed E-state index contributed by atoms with van der Waals surface area (Å²) in [5.41, 5.74) is -0.382. The molecule has 0 amide bonds. The molecular formula is C16H24BO3. The molecule has 0 spiro atoms. The SMILES string of the molecule is CC(C)(O)C(C)(C)O[B]/C=C/COCc1ccccc1. The summed E-state index contributed by atoms with van der Waals surface area (Å²) in [7, 11) is 1.59. The normalized spacial score (nSPS) is 12.8. The van der Waals surface area contributed by atoms with Gasteiger partial charge < -0.3 is 14.5 Å². The van der Waals surface area contributed by atoms with E-state index >= 15 is 0 Å². The molecule has 20 heavy (non-hydrogen) atoms. The van der Waals surface area contributed by atoms with E-state index in [0.717, 1.165) is 5.56 Å². The van der Waals surface area contributed by atoms with Crippen LogP contribution in [0.2, 0.25) is 0 Å². The van der Waals surface area contributed by atoms with Crippen molar-refractivity contribution in [1.29, 1.82) is 0 Å². The molecule has 0 heterocycles. The molecule has 4 heteroatoms. The summed E-state index contributed by atoms with van der Waals surface area (Å²) in [4.78, 5) is 0. The number of ether oxygens (including phenoxy) is 1. The van der Waals surface area contributed by atoms with Gasteiger partial charge in [0.15, 0.2) is 0 Å². The zero-order valence-corrected chi connectivity index (χ0v) is 12.8. The molecule has 109 valence electrons. The highest BCUT2D eigenvalue weighted by atomic mass is 16.5. The number of aliphatic hydroxyl groups is 1. The first kappa shape index (κ1) is 17.0. The molecule has 0 atom stereocenters. The van der Waals surface area contributed by atoms with Crippen molar-refractivity contribution in [2.75, 3.05) is 6.61 Å². The molecule has 1 radical (unpaired) electrons. The van der Waals surface area contributed by atoms with Crippen molar-refractivity contribution in [1.82, 2.24) is 0 Å². The molecule has 1 N–H and O–H groups in total. The maximum absolute atomic E-state index is 9.92. The second-order valence-electron chi connectivity index (χ2n) is 5.75. The quantitative estimate of drug-likeness (QED) is 0.585. The highest BCUT2D eigenvalue weighted by molar-refractivity contribution is 6.34. The van der Waals surface area contributed by atoms with Gasteiger partial charge in [-0.25, -0.2) is 0 Å². The van der Waals surface area contributed by atoms with E-state index in [-0.39, 0.29) is 0 Å². The van der Waals surface area contributed by atoms with Crippen LogP contribution < -0.4 is 0 Å². The third-order valence-corrected chi connectivity index (χ3v) is 3.38. The standard InChI is InChI=1S/C16H24BO3/c1-15(2,18)16(3,4)20-17-11-8-12-19-13-14-9-6-5-7-10-14/h5-11,18H,12-13H2,1-4H3/b11-8+. The Bertz CT molecular complexity index is 407. The number of benzene rings is 1. The number of rotatable bonds is 8. The van der Waals surface area contributed by atoms with Crippen LogP contribution in [0.15, 0.2) is 42.4 Å². The lowest BCUT2D eigenvalue weighted by molar-refractivity contribution is -0.0894. The minimum atomic E-state index is -0.902. The highest BCUT2D eigenvalue weighted by Crippen LogP contribution is 2.24. The molecule has 1 aromatic carbocycles. The Morgan fingerprint density at radius 3 is 2.40 bits per heavy atom. The third-order valence-electron chi connectivity index (χ3n) is 3.38. The number of hydrogen-bond donors (Lipinski definition) is 1. The summed E-state index contributed by atoms with van der Waals surface area (Å²) < 4.78 is 11.0. The molecule has 0 aliphatic heterocycles. The van der Waals surface area contributed by atoms with E-state index in [1.807, 2.05) is 50.3 Å². The van der Waals surface area contributed by atoms with Crippen LogP contribution in [0.5, 0.6) is 0 Å². The molecule has 1 aromatic rings. The van der Waals surface area contributed by atoms with Gasteiger partial charge in [0.25, 0.3) is 0 Å². The molecular weight excluding hydrogens is 251 g/mol. The summed E-state index contributed by atoms with van der Waals surface area (Å²) in [6.45, 7) is 8.28. The van der Waals surface area contributed by atoms with Gasteiger partial charge in [0.2, 0.25) is 0 Å². The van der Waals surface area contributed by atoms with Gasteiger partial charge in [0, 0.05) is 0 Å². The van der Waals surface area contributed by atoms with Crippen molar-refractivity contribution in [2.45, 2.75) is 45.5 Å². The molecule has 0 aliphatic carbocycles. The van der Waals surface area contributed by atoms with Crippen molar-refractivity contribution in [3.8, 4) is 0 Å². The smallest absolute Gasteiger partial charge is 0.322 e. The van der Waals surface area contributed by atoms with Crippen LogP contribution in [-0.4, -0.2) is 30.4 Å². The Morgan fingerprint density at radius 2 is 1.80 bits per heavy atom. The Morgan fingerprint density at radius 1 is 1.15 bits per heavy atom. The van der Waals surface area contributed by atoms with Crippen molar-refractivity contribution in [3.63, 3.8) is 0 Å². The second-order valence-corrected chi connectivity index (χ2v) is 5.75. The summed E-state index contributed by atoms with van der Waals surface area (Å²) in [6.07, 6.45) is 1.88. The lowest BCUT2D eigenvalue weighted by Gasteiger charge is -2.37. The monoisotopic (exact) mass is 275 g/mol. The largest absolute Gasteiger partial charge is 0.427 e. The Kier molecular flexibility index (Phi) is 6.47. The average molecular weight is 275 g/mol. The molecule has 0 bridgehead atoms. The van der Waals surface area contributed by atoms with E-state index in [2.05, 4.69) is 0 Å². The van der Waals surface area contributed by atoms with E-state index in [4.69, 9.17) is 9.39 Å². The van der Waals surface area contributed by atoms with Gasteiger partial charge in [-0.15, -0.1) is 0 Å². The first-order chi connectivity index (χ1) is 9.33. The molecule has 1 rings (SSSR count). The van der Waals surface area contributed by atoms with Crippen LogP contribution in [0.4, 0.5) is 0 Å². The van der Waals surface area contributed by atoms with E-state index in [0.29, 0.717) is 13.2 Å². The summed E-state index contributed by atoms with van der Waals surface area (Å²) >= 11 is 0. The lowest BCUT2D eigenvalue weighted by Crippen LogP contribution is -2.47. The zero-order chi connectivity index (χ0) is 15.1. The van der Waals surface area contributed by atoms with E-state index in [1.165, 1.54) is 0 Å². The van der Waals surface area contributed by atoms with Gasteiger partial charge in [-0.1, -0.05) is 42.4 Å². The van der Waals surface area contributed by atoms with Gasteiger partial charge in [0.1, 0.15) is 0 Å². The van der Waals surface area contributed by atoms with Crippen LogP contribution in [0.25, 0.3) is 0 Å². The van der Waals surface area contributed by atoms with Crippen LogP contribution in [0, 0.1) is 0 Å². The van der Waals surface area contributed by atoms with Crippen LogP contribution >= 0.6 is 0 Å². The Balaban J connectivity index is 2.17. The van der Waals surface area contributed by atoms with Crippen molar-refractivity contribution < 1.29 is 14.5 Å². The molecule has 3 nitrogen and oxygen atoms in total. The summed E-state index contributed by atoms with van der Waals surface area (Å²) in [5.74, 6) is 1.79. The van der Waals surface area contributed by atoms with Crippen LogP contribution in [0.1, 0.15) is 33.3 Å². The van der Waals surface area contributed by atoms with Crippen LogP contribution in [0.3, 0.4) is 0 Å². The highest BCUT2D eigenvalue weighted by Gasteiger charge is 2.35. The minimum Gasteiger partial charge on any atom is -0.427 e. The third kappa shape index (κ3) is 5.91. The molecule has 0 aliphatic rings. The maximum atomic E-state index is 9.92. The maximum Gasteiger partial charge on any atom is 0.322 e. The van der Waals surface area contributed by atoms with Crippen molar-refractivity contribution in [2.24, 2.45) is 0 Å². The topological polar surface area (TPSA) is 38.7 Å². The zero-order valence-electron chi connectivity index (χ0n) is 12.8. The Hall–Kier alpha value is -1.10. The van der Waals surface area contributed by atoms with E-state index in [1.54, 1.807) is 27.3 Å². The molecule has 0 unspecified atom stereocenters. The fraction of sp³-hybridized carbons (Fsp3) is 0.500. The van der Waals surface area contributed by atoms with Crippen LogP contribution in [-0.2, 0) is 16.0 Å². The Labute approximate surface area is 122 Å². The van der Waals surface area contributed by atoms with Gasteiger partial charge in [0.05, 0.1) is 24.4 Å². The minimum absolute atomic E-state index is 0.525. The summed E-state index contributed by atoms with van der Waals surface area (Å²) in [5, 5.41) is 9.92. The van der Waals surface area contributed by atoms with Gasteiger partial charge in [-0.3, -0.25) is 0 Å². The fourth-order valence-electron chi connectivity index (χ4n) is 1.28. The first-order valence-corrected chi connectivity index (χ1v) is 6.83. The average Bonchev–Trinajstić information content (AvgIpc) is 2.37. The molecule has 0 saturated heterocycles. The second kappa shape index (κ2) is 7.62. The molecule has 0 aromatic heterocycles. The van der Waals surface area contributed by atoms with E-state index < -0.39 is 11.2 Å². The van der Waals surface area contributed by atoms with Crippen molar-refractivity contribution >= 4 is 7.48 Å². The molecule has 0 saturated carbocycles.